The van der Waals surface area contributed by atoms with Gasteiger partial charge in [-0.05, 0) is 59.8 Å². The molecule has 1 unspecified atom stereocenters. The Morgan fingerprint density at radius 1 is 1.04 bits per heavy atom. The summed E-state index contributed by atoms with van der Waals surface area (Å²) in [5.41, 5.74) is -0.973. The van der Waals surface area contributed by atoms with Gasteiger partial charge in [-0.2, -0.15) is 5.06 Å². The molecule has 1 fully saturated rings. The number of aliphatic carboxylic acids is 2. The van der Waals surface area contributed by atoms with Crippen molar-refractivity contribution in [2.75, 3.05) is 0 Å². The fraction of sp³-hybridized carbons (Fsp3) is 0.895. The zero-order chi connectivity index (χ0) is 20.0. The smallest absolute Gasteiger partial charge is 0.119 e. The van der Waals surface area contributed by atoms with E-state index in [1.807, 2.05) is 27.7 Å². The number of aliphatic hydroxyl groups excluding tert-OH is 1. The third-order valence-corrected chi connectivity index (χ3v) is 4.91. The van der Waals surface area contributed by atoms with Crippen molar-refractivity contribution < 1.29 is 29.7 Å². The molecule has 0 saturated carbocycles. The Hall–Kier alpha value is -1.18. The number of carbonyl (C=O) groups excluding carboxylic acids is 2. The normalized spacial score (nSPS) is 21.4. The number of aliphatic hydroxyl groups is 1. The third kappa shape index (κ3) is 7.21. The molecule has 0 aromatic carbocycles. The van der Waals surface area contributed by atoms with E-state index < -0.39 is 35.2 Å². The third-order valence-electron chi connectivity index (χ3n) is 4.91. The number of unbranched alkanes of at least 4 members (excludes halogenated alkanes) is 4. The summed E-state index contributed by atoms with van der Waals surface area (Å²) in [5.74, 6) is -2.27. The second kappa shape index (κ2) is 9.67. The van der Waals surface area contributed by atoms with E-state index >= 15 is 0 Å². The molecule has 0 amide bonds. The molecule has 1 aliphatic rings. The van der Waals surface area contributed by atoms with Crippen LogP contribution >= 0.6 is 0 Å². The summed E-state index contributed by atoms with van der Waals surface area (Å²) < 4.78 is 0. The van der Waals surface area contributed by atoms with Crippen molar-refractivity contribution in [1.29, 1.82) is 0 Å². The average molecular weight is 371 g/mol. The Balaban J connectivity index is 2.51. The predicted molar refractivity (Wildman–Crippen MR) is 92.4 cm³/mol. The van der Waals surface area contributed by atoms with Crippen LogP contribution in [0, 0.1) is 0 Å². The van der Waals surface area contributed by atoms with Gasteiger partial charge in [0.05, 0.1) is 12.1 Å². The largest absolute Gasteiger partial charge is 0.550 e. The highest BCUT2D eigenvalue weighted by atomic mass is 16.7. The molecular formula is C19H33NO6-2. The molecule has 1 N–H and O–H groups in total. The fourth-order valence-corrected chi connectivity index (χ4v) is 3.97. The van der Waals surface area contributed by atoms with E-state index in [1.54, 1.807) is 5.06 Å². The van der Waals surface area contributed by atoms with Gasteiger partial charge >= 0.3 is 0 Å². The van der Waals surface area contributed by atoms with Crippen LogP contribution in [0.5, 0.6) is 0 Å². The van der Waals surface area contributed by atoms with Crippen LogP contribution in [0.25, 0.3) is 0 Å². The summed E-state index contributed by atoms with van der Waals surface area (Å²) in [6.07, 6.45) is 3.64. The van der Waals surface area contributed by atoms with Gasteiger partial charge in [0.25, 0.3) is 0 Å². The number of piperidine rings is 1. The van der Waals surface area contributed by atoms with Crippen LogP contribution in [0.4, 0.5) is 0 Å². The van der Waals surface area contributed by atoms with Gasteiger partial charge in [0.1, 0.15) is 6.10 Å². The zero-order valence-corrected chi connectivity index (χ0v) is 16.5. The van der Waals surface area contributed by atoms with Gasteiger partial charge in [-0.3, -0.25) is 4.84 Å². The van der Waals surface area contributed by atoms with Crippen LogP contribution in [0.15, 0.2) is 0 Å². The summed E-state index contributed by atoms with van der Waals surface area (Å²) in [4.78, 5) is 27.7. The van der Waals surface area contributed by atoms with Crippen molar-refractivity contribution in [1.82, 2.24) is 5.06 Å². The Bertz CT molecular complexity index is 459. The summed E-state index contributed by atoms with van der Waals surface area (Å²) >= 11 is 0. The monoisotopic (exact) mass is 371 g/mol. The number of hydrogen-bond acceptors (Lipinski definition) is 7. The maximum atomic E-state index is 11.5. The zero-order valence-electron chi connectivity index (χ0n) is 16.5. The molecule has 7 heteroatoms. The first-order valence-electron chi connectivity index (χ1n) is 9.51. The number of carbonyl (C=O) groups is 2. The van der Waals surface area contributed by atoms with E-state index in [9.17, 15) is 24.9 Å². The van der Waals surface area contributed by atoms with Crippen molar-refractivity contribution in [3.05, 3.63) is 0 Å². The Kier molecular flexibility index (Phi) is 8.50. The minimum Gasteiger partial charge on any atom is -0.550 e. The minimum absolute atomic E-state index is 0.0652. The molecule has 152 valence electrons. The molecule has 1 rings (SSSR count). The molecule has 0 aromatic heterocycles. The van der Waals surface area contributed by atoms with E-state index in [0.717, 1.165) is 19.3 Å². The number of hydrogen-bond donors (Lipinski definition) is 1. The quantitative estimate of drug-likeness (QED) is 0.527. The lowest BCUT2D eigenvalue weighted by molar-refractivity contribution is -0.354. The van der Waals surface area contributed by atoms with Crippen LogP contribution < -0.4 is 10.2 Å². The van der Waals surface area contributed by atoms with E-state index in [-0.39, 0.29) is 6.42 Å². The number of carboxylic acid groups (broad SMARTS) is 2. The van der Waals surface area contributed by atoms with E-state index in [1.165, 1.54) is 0 Å². The second-order valence-electron chi connectivity index (χ2n) is 8.57. The van der Waals surface area contributed by atoms with Crippen LogP contribution in [0.1, 0.15) is 85.5 Å². The highest BCUT2D eigenvalue weighted by Crippen LogP contribution is 2.39. The van der Waals surface area contributed by atoms with Crippen molar-refractivity contribution in [3.8, 4) is 0 Å². The molecule has 1 atom stereocenters. The molecule has 7 nitrogen and oxygen atoms in total. The molecule has 0 bridgehead atoms. The van der Waals surface area contributed by atoms with Gasteiger partial charge in [0.2, 0.25) is 0 Å². The Labute approximate surface area is 156 Å². The van der Waals surface area contributed by atoms with Gasteiger partial charge < -0.3 is 24.9 Å². The van der Waals surface area contributed by atoms with Crippen molar-refractivity contribution in [3.63, 3.8) is 0 Å². The topological polar surface area (TPSA) is 113 Å². The molecule has 0 aliphatic carbocycles. The van der Waals surface area contributed by atoms with Gasteiger partial charge in [-0.1, -0.05) is 25.7 Å². The van der Waals surface area contributed by atoms with Crippen LogP contribution in [0.2, 0.25) is 0 Å². The number of hydroxylamine groups is 2. The average Bonchev–Trinajstić information content (AvgIpc) is 2.45. The standard InChI is InChI=1S/C19H35NO6/c1-18(2)12-14(21)13-19(3,4)20(18)26-15(17(24)25)10-8-6-5-7-9-11-16(22)23/h14-15,21H,5-13H2,1-4H3,(H,22,23)(H,24,25)/p-2. The van der Waals surface area contributed by atoms with Crippen LogP contribution in [-0.4, -0.2) is 45.4 Å². The maximum absolute atomic E-state index is 11.5. The van der Waals surface area contributed by atoms with Gasteiger partial charge in [-0.25, -0.2) is 0 Å². The predicted octanol–water partition coefficient (Wildman–Crippen LogP) is 0.531. The number of rotatable bonds is 11. The van der Waals surface area contributed by atoms with Crippen LogP contribution in [-0.2, 0) is 14.4 Å². The SMILES string of the molecule is CC1(C)CC(O)CC(C)(C)N1OC(CCCCCCCC(=O)[O-])C(=O)[O-]. The molecule has 0 spiro atoms. The summed E-state index contributed by atoms with van der Waals surface area (Å²) in [7, 11) is 0. The first kappa shape index (κ1) is 22.9. The molecule has 0 radical (unpaired) electrons. The van der Waals surface area contributed by atoms with Crippen molar-refractivity contribution in [2.45, 2.75) is 109 Å². The first-order valence-corrected chi connectivity index (χ1v) is 9.51. The Morgan fingerprint density at radius 3 is 2.04 bits per heavy atom. The van der Waals surface area contributed by atoms with Crippen molar-refractivity contribution in [2.24, 2.45) is 0 Å². The van der Waals surface area contributed by atoms with Gasteiger partial charge in [0, 0.05) is 17.0 Å². The van der Waals surface area contributed by atoms with E-state index in [4.69, 9.17) is 4.84 Å². The molecule has 1 heterocycles. The van der Waals surface area contributed by atoms with E-state index in [0.29, 0.717) is 32.1 Å². The lowest BCUT2D eigenvalue weighted by Gasteiger charge is -2.53. The number of carboxylic acids is 2. The highest BCUT2D eigenvalue weighted by Gasteiger charge is 2.47. The summed E-state index contributed by atoms with van der Waals surface area (Å²) in [6.45, 7) is 7.73. The van der Waals surface area contributed by atoms with Crippen LogP contribution in [0.3, 0.4) is 0 Å². The molecule has 0 aromatic rings. The molecule has 1 saturated heterocycles. The maximum Gasteiger partial charge on any atom is 0.119 e. The molecule has 1 aliphatic heterocycles. The fourth-order valence-electron chi connectivity index (χ4n) is 3.97. The summed E-state index contributed by atoms with van der Waals surface area (Å²) in [6, 6.07) is 0. The van der Waals surface area contributed by atoms with Crippen molar-refractivity contribution >= 4 is 11.9 Å². The lowest BCUT2D eigenvalue weighted by Crippen LogP contribution is -2.63. The Morgan fingerprint density at radius 2 is 1.54 bits per heavy atom. The molecular weight excluding hydrogens is 338 g/mol. The number of nitrogens with zero attached hydrogens (tertiary/aromatic N) is 1. The highest BCUT2D eigenvalue weighted by molar-refractivity contribution is 5.69. The van der Waals surface area contributed by atoms with E-state index in [2.05, 4.69) is 0 Å². The van der Waals surface area contributed by atoms with Gasteiger partial charge in [-0.15, -0.1) is 0 Å². The second-order valence-corrected chi connectivity index (χ2v) is 8.57. The summed E-state index contributed by atoms with van der Waals surface area (Å²) in [5, 5.41) is 33.6. The lowest BCUT2D eigenvalue weighted by atomic mass is 9.80. The molecule has 26 heavy (non-hydrogen) atoms. The first-order chi connectivity index (χ1) is 12.0. The van der Waals surface area contributed by atoms with Gasteiger partial charge in [0.15, 0.2) is 0 Å². The minimum atomic E-state index is -1.24.